The van der Waals surface area contributed by atoms with Crippen molar-refractivity contribution in [2.75, 3.05) is 37.8 Å². The molecule has 0 saturated carbocycles. The number of nitrogens with two attached hydrogens (primary N) is 1. The van der Waals surface area contributed by atoms with Crippen molar-refractivity contribution in [3.05, 3.63) is 42.5 Å². The number of nitrogens with zero attached hydrogens (tertiary/aromatic N) is 4. The first kappa shape index (κ1) is 49.2. The Morgan fingerprint density at radius 2 is 1.68 bits per heavy atom. The molecule has 4 rings (SSSR count). The predicted molar refractivity (Wildman–Crippen MR) is 196 cm³/mol. The zero-order chi connectivity index (χ0) is 44.6. The molecule has 0 aliphatic carbocycles. The number of phosphoric acid groups is 3. The van der Waals surface area contributed by atoms with E-state index in [0.29, 0.717) is 5.56 Å². The lowest BCUT2D eigenvalue weighted by atomic mass is 9.87. The van der Waals surface area contributed by atoms with Gasteiger partial charge in [-0.25, -0.2) is 19.3 Å². The van der Waals surface area contributed by atoms with Crippen molar-refractivity contribution in [1.82, 2.24) is 30.2 Å². The molecule has 26 nitrogen and oxygen atoms in total. The molecule has 60 heavy (non-hydrogen) atoms. The Kier molecular flexibility index (Phi) is 16.9. The van der Waals surface area contributed by atoms with Crippen LogP contribution in [-0.2, 0) is 50.7 Å². The Labute approximate surface area is 344 Å². The van der Waals surface area contributed by atoms with Crippen LogP contribution in [0.15, 0.2) is 36.9 Å². The summed E-state index contributed by atoms with van der Waals surface area (Å²) in [6.45, 7) is -0.171. The number of benzene rings is 1. The second-order valence-corrected chi connectivity index (χ2v) is 18.7. The van der Waals surface area contributed by atoms with Crippen LogP contribution in [0, 0.1) is 5.41 Å². The maximum atomic E-state index is 12.6. The van der Waals surface area contributed by atoms with Gasteiger partial charge in [-0.15, -0.1) is 0 Å². The Morgan fingerprint density at radius 3 is 2.35 bits per heavy atom. The van der Waals surface area contributed by atoms with Crippen molar-refractivity contribution < 1.29 is 90.7 Å². The number of imidazole rings is 1. The van der Waals surface area contributed by atoms with Crippen LogP contribution < -0.4 is 35.9 Å². The molecule has 1 saturated heterocycles. The lowest BCUT2D eigenvalue weighted by Gasteiger charge is -2.36. The highest BCUT2D eigenvalue weighted by atomic mass is 32.2. The third kappa shape index (κ3) is 14.3. The number of phenolic OH excluding ortho intramolecular Hbond substituents is 1. The summed E-state index contributed by atoms with van der Waals surface area (Å²) in [5.41, 5.74) is 4.46. The molecular weight excluding hydrogens is 887 g/mol. The number of aromatic hydroxyl groups is 1. The number of hydrogen-bond acceptors (Lipinski definition) is 24. The second kappa shape index (κ2) is 20.6. The number of amides is 2. The zero-order valence-corrected chi connectivity index (χ0v) is 34.9. The van der Waals surface area contributed by atoms with E-state index < -0.39 is 90.7 Å². The van der Waals surface area contributed by atoms with E-state index in [1.165, 1.54) is 38.1 Å². The van der Waals surface area contributed by atoms with Crippen molar-refractivity contribution in [2.45, 2.75) is 63.4 Å². The summed E-state index contributed by atoms with van der Waals surface area (Å²) < 4.78 is 60.5. The smallest absolute Gasteiger partial charge is 0.274 e. The largest absolute Gasteiger partial charge is 0.790 e. The van der Waals surface area contributed by atoms with Gasteiger partial charge in [-0.2, -0.15) is 0 Å². The molecule has 8 atom stereocenters. The summed E-state index contributed by atoms with van der Waals surface area (Å²) in [4.78, 5) is 96.4. The third-order valence-electron chi connectivity index (χ3n) is 8.38. The van der Waals surface area contributed by atoms with Crippen LogP contribution >= 0.6 is 35.2 Å². The Hall–Kier alpha value is -3.46. The van der Waals surface area contributed by atoms with Crippen LogP contribution in [0.2, 0.25) is 0 Å². The van der Waals surface area contributed by atoms with E-state index in [-0.39, 0.29) is 59.5 Å². The molecule has 3 aromatic rings. The van der Waals surface area contributed by atoms with Crippen LogP contribution in [-0.4, -0.2) is 113 Å². The molecule has 0 bridgehead atoms. The number of carbonyl (C=O) groups is 3. The van der Waals surface area contributed by atoms with Gasteiger partial charge in [0.15, 0.2) is 22.8 Å². The molecule has 30 heteroatoms. The topological polar surface area (TPSA) is 415 Å². The number of carbonyl (C=O) groups excluding carboxylic acids is 3. The number of anilines is 1. The van der Waals surface area contributed by atoms with Crippen molar-refractivity contribution >= 4 is 69.1 Å². The highest BCUT2D eigenvalue weighted by Gasteiger charge is 2.47. The number of aliphatic hydroxyl groups is 3. The standard InChI is InChI=1S/C30H44N7O19P3S/c1-30(2,25(43)28(44)33-8-7-20(40)32-9-10-60-21(41)11-18(39)16-3-5-17(38)6-4-16)13-53-59(50,51)56-58(48,49)52-12-19-24(55-57(45,46)47)23(42)29(54-19)37-15-36-22-26(31)34-14-35-27(22)37/h3-6,14-15,18-19,23-25,29,38-39,42-43H,7-13H2,1-2H3,(H,32,40)(H,33,44)(H,48,49)(H,50,51)(H2,31,34,35)(H2,45,46,47)/p-4/t18-,19+,23+,24+,25-,29+/m0/s1. The van der Waals surface area contributed by atoms with Gasteiger partial charge in [-0.05, 0) is 17.7 Å². The first-order chi connectivity index (χ1) is 27.9. The van der Waals surface area contributed by atoms with Gasteiger partial charge in [0.05, 0.1) is 33.5 Å². The second-order valence-electron chi connectivity index (χ2n) is 13.5. The molecule has 2 amide bonds. The van der Waals surface area contributed by atoms with Gasteiger partial charge in [0.1, 0.15) is 42.0 Å². The molecule has 334 valence electrons. The summed E-state index contributed by atoms with van der Waals surface area (Å²) in [5, 5.41) is 45.3. The number of phosphoric ester groups is 3. The average Bonchev–Trinajstić information content (AvgIpc) is 3.71. The summed E-state index contributed by atoms with van der Waals surface area (Å²) in [6.07, 6.45) is -9.04. The maximum Gasteiger partial charge on any atom is 0.274 e. The highest BCUT2D eigenvalue weighted by Crippen LogP contribution is 2.56. The molecular formula is C30H40N7O19P3S-4. The van der Waals surface area contributed by atoms with E-state index in [1.54, 1.807) is 0 Å². The van der Waals surface area contributed by atoms with Gasteiger partial charge in [0, 0.05) is 37.1 Å². The van der Waals surface area contributed by atoms with Crippen LogP contribution in [0.25, 0.3) is 11.2 Å². The number of ether oxygens (including phenoxy) is 1. The van der Waals surface area contributed by atoms with Crippen LogP contribution in [0.4, 0.5) is 5.82 Å². The molecule has 1 fully saturated rings. The highest BCUT2D eigenvalue weighted by molar-refractivity contribution is 8.13. The lowest BCUT2D eigenvalue weighted by Crippen LogP contribution is -2.46. The fraction of sp³-hybridized carbons (Fsp3) is 0.533. The van der Waals surface area contributed by atoms with Gasteiger partial charge in [0.2, 0.25) is 11.8 Å². The zero-order valence-electron chi connectivity index (χ0n) is 31.4. The van der Waals surface area contributed by atoms with Crippen LogP contribution in [0.5, 0.6) is 5.75 Å². The minimum absolute atomic E-state index is 0.00643. The molecule has 2 aromatic heterocycles. The van der Waals surface area contributed by atoms with E-state index in [2.05, 4.69) is 43.5 Å². The molecule has 3 heterocycles. The molecule has 0 spiro atoms. The predicted octanol–water partition coefficient (Wildman–Crippen LogP) is -3.03. The number of fused-ring (bicyclic) bond motifs is 1. The third-order valence-corrected chi connectivity index (χ3v) is 12.3. The van der Waals surface area contributed by atoms with E-state index in [1.807, 2.05) is 0 Å². The summed E-state index contributed by atoms with van der Waals surface area (Å²) in [6, 6.07) is 5.70. The molecule has 0 radical (unpaired) electrons. The molecule has 1 aliphatic rings. The van der Waals surface area contributed by atoms with Gasteiger partial charge in [-0.3, -0.25) is 28.1 Å². The van der Waals surface area contributed by atoms with Crippen LogP contribution in [0.1, 0.15) is 44.6 Å². The van der Waals surface area contributed by atoms with Crippen LogP contribution in [0.3, 0.4) is 0 Å². The molecule has 8 N–H and O–H groups in total. The minimum Gasteiger partial charge on any atom is -0.790 e. The monoisotopic (exact) mass is 927 g/mol. The summed E-state index contributed by atoms with van der Waals surface area (Å²) in [7, 11) is -17.7. The van der Waals surface area contributed by atoms with E-state index in [4.69, 9.17) is 10.5 Å². The van der Waals surface area contributed by atoms with E-state index in [9.17, 15) is 68.1 Å². The average molecular weight is 928 g/mol. The number of aliphatic hydroxyl groups excluding tert-OH is 3. The summed E-state index contributed by atoms with van der Waals surface area (Å²) >= 11 is 0.875. The number of nitrogens with one attached hydrogen (secondary N) is 2. The Bertz CT molecular complexity index is 2130. The van der Waals surface area contributed by atoms with Gasteiger partial charge < -0.3 is 79.2 Å². The lowest BCUT2D eigenvalue weighted by molar-refractivity contribution is -0.347. The number of thioether (sulfide) groups is 1. The number of rotatable bonds is 22. The fourth-order valence-corrected chi connectivity index (χ4v) is 8.75. The van der Waals surface area contributed by atoms with Crippen molar-refractivity contribution in [1.29, 1.82) is 0 Å². The van der Waals surface area contributed by atoms with Gasteiger partial charge >= 0.3 is 0 Å². The molecule has 1 aromatic carbocycles. The molecule has 1 aliphatic heterocycles. The number of phenols is 1. The van der Waals surface area contributed by atoms with Crippen molar-refractivity contribution in [3.63, 3.8) is 0 Å². The normalized spacial score (nSPS) is 21.5. The van der Waals surface area contributed by atoms with Crippen molar-refractivity contribution in [2.24, 2.45) is 5.41 Å². The van der Waals surface area contributed by atoms with Crippen molar-refractivity contribution in [3.8, 4) is 5.75 Å². The maximum absolute atomic E-state index is 12.6. The SMILES string of the molecule is CC(C)(COP(=O)([O-])OP(=O)([O-])OC[C@H]1O[C@@H](n2cnc3c(N)ncnc32)[C@H](O)[C@@H]1OP(=O)([O-])[O-])[C@@H](O)C(=O)NCCC(=O)NCCSC(=O)C[C@H](O)c1ccc(O)cc1. The fourth-order valence-electron chi connectivity index (χ4n) is 5.30. The first-order valence-corrected chi connectivity index (χ1v) is 22.7. The van der Waals surface area contributed by atoms with Gasteiger partial charge in [0.25, 0.3) is 15.6 Å². The summed E-state index contributed by atoms with van der Waals surface area (Å²) in [5.74, 6) is -1.49. The number of aromatic nitrogens is 4. The van der Waals surface area contributed by atoms with E-state index >= 15 is 0 Å². The quantitative estimate of drug-likeness (QED) is 0.0389. The Balaban J connectivity index is 1.19. The first-order valence-electron chi connectivity index (χ1n) is 17.3. The Morgan fingerprint density at radius 1 is 1.02 bits per heavy atom. The number of nitrogen functional groups attached to an aromatic ring is 1. The minimum atomic E-state index is -5.94. The van der Waals surface area contributed by atoms with Gasteiger partial charge in [-0.1, -0.05) is 37.7 Å². The van der Waals surface area contributed by atoms with E-state index in [0.717, 1.165) is 29.0 Å². The number of hydrogen-bond donors (Lipinski definition) is 7. The molecule has 2 unspecified atom stereocenters.